The van der Waals surface area contributed by atoms with Crippen LogP contribution in [-0.4, -0.2) is 14.5 Å². The van der Waals surface area contributed by atoms with E-state index in [1.807, 2.05) is 13.0 Å². The summed E-state index contributed by atoms with van der Waals surface area (Å²) in [6.07, 6.45) is 0. The monoisotopic (exact) mass is 289 g/mol. The Morgan fingerprint density at radius 1 is 1.37 bits per heavy atom. The van der Waals surface area contributed by atoms with Crippen molar-refractivity contribution in [3.05, 3.63) is 44.6 Å². The van der Waals surface area contributed by atoms with E-state index in [0.717, 1.165) is 21.0 Å². The molecule has 5 heteroatoms. The van der Waals surface area contributed by atoms with Gasteiger partial charge in [0.25, 0.3) is 0 Å². The number of nitrogens with one attached hydrogen (secondary N) is 1. The number of hydrogen-bond acceptors (Lipinski definition) is 3. The number of fused-ring (bicyclic) bond motifs is 1. The number of rotatable bonds is 2. The number of aromatic nitrogens is 3. The van der Waals surface area contributed by atoms with Crippen LogP contribution in [0.25, 0.3) is 11.0 Å². The minimum atomic E-state index is 0.154. The number of benzene rings is 1. The van der Waals surface area contributed by atoms with Crippen LogP contribution in [0.5, 0.6) is 0 Å². The van der Waals surface area contributed by atoms with Gasteiger partial charge in [0.05, 0.1) is 17.1 Å². The summed E-state index contributed by atoms with van der Waals surface area (Å²) >= 11 is 7.17. The Labute approximate surface area is 120 Å². The van der Waals surface area contributed by atoms with Crippen LogP contribution in [0.1, 0.15) is 29.2 Å². The van der Waals surface area contributed by atoms with E-state index in [-0.39, 0.29) is 6.04 Å². The molecule has 19 heavy (non-hydrogen) atoms. The number of H-pyrrole nitrogens is 1. The van der Waals surface area contributed by atoms with Crippen LogP contribution in [0.4, 0.5) is 0 Å². The molecular weight excluding hydrogens is 274 g/mol. The molecule has 0 saturated heterocycles. The van der Waals surface area contributed by atoms with Gasteiger partial charge in [-0.15, -0.1) is 11.3 Å². The molecule has 0 bridgehead atoms. The first-order valence-electron chi connectivity index (χ1n) is 6.20. The third-order valence-electron chi connectivity index (χ3n) is 3.32. The van der Waals surface area contributed by atoms with E-state index in [9.17, 15) is 0 Å². The highest BCUT2D eigenvalue weighted by Gasteiger charge is 2.16. The van der Waals surface area contributed by atoms with Gasteiger partial charge in [0.2, 0.25) is 0 Å². The van der Waals surface area contributed by atoms with Gasteiger partial charge in [-0.3, -0.25) is 0 Å². The average Bonchev–Trinajstić information content (AvgIpc) is 2.92. The highest BCUT2D eigenvalue weighted by atomic mass is 32.1. The van der Waals surface area contributed by atoms with Crippen LogP contribution in [-0.2, 0) is 0 Å². The Morgan fingerprint density at radius 2 is 2.16 bits per heavy atom. The van der Waals surface area contributed by atoms with Crippen molar-refractivity contribution in [2.45, 2.75) is 26.8 Å². The van der Waals surface area contributed by atoms with Crippen LogP contribution < -0.4 is 0 Å². The summed E-state index contributed by atoms with van der Waals surface area (Å²) < 4.78 is 2.92. The van der Waals surface area contributed by atoms with Crippen molar-refractivity contribution >= 4 is 34.6 Å². The van der Waals surface area contributed by atoms with Gasteiger partial charge in [-0.25, -0.2) is 4.98 Å². The van der Waals surface area contributed by atoms with E-state index in [4.69, 9.17) is 12.2 Å². The van der Waals surface area contributed by atoms with Gasteiger partial charge in [-0.1, -0.05) is 12.1 Å². The fourth-order valence-electron chi connectivity index (χ4n) is 2.40. The van der Waals surface area contributed by atoms with E-state index in [1.165, 1.54) is 11.1 Å². The van der Waals surface area contributed by atoms with Gasteiger partial charge in [-0.2, -0.15) is 0 Å². The van der Waals surface area contributed by atoms with Gasteiger partial charge >= 0.3 is 0 Å². The molecule has 0 amide bonds. The number of nitrogens with zero attached hydrogens (tertiary/aromatic N) is 2. The Balaban J connectivity index is 2.25. The second-order valence-corrected chi connectivity index (χ2v) is 6.05. The van der Waals surface area contributed by atoms with Crippen LogP contribution in [0.3, 0.4) is 0 Å². The first kappa shape index (κ1) is 12.6. The lowest BCUT2D eigenvalue weighted by Crippen LogP contribution is -2.07. The molecule has 0 spiro atoms. The summed E-state index contributed by atoms with van der Waals surface area (Å²) in [4.78, 5) is 7.86. The quantitative estimate of drug-likeness (QED) is 0.710. The molecule has 1 atom stereocenters. The number of imidazole rings is 1. The standard InChI is InChI=1S/C14H15N3S2/c1-8-5-4-6-11-12(8)17(14(18)16-11)10(3)13-15-9(2)7-19-13/h4-7,10H,1-3H3,(H,16,18). The van der Waals surface area contributed by atoms with E-state index in [1.54, 1.807) is 11.3 Å². The third-order valence-corrected chi connectivity index (χ3v) is 4.75. The van der Waals surface area contributed by atoms with Crippen molar-refractivity contribution < 1.29 is 0 Å². The van der Waals surface area contributed by atoms with Crippen molar-refractivity contribution in [1.82, 2.24) is 14.5 Å². The van der Waals surface area contributed by atoms with Gasteiger partial charge in [0.15, 0.2) is 4.77 Å². The molecule has 2 aromatic heterocycles. The lowest BCUT2D eigenvalue weighted by atomic mass is 10.2. The molecule has 3 nitrogen and oxygen atoms in total. The predicted octanol–water partition coefficient (Wildman–Crippen LogP) is 4.38. The number of aromatic amines is 1. The van der Waals surface area contributed by atoms with E-state index in [2.05, 4.69) is 45.9 Å². The Morgan fingerprint density at radius 3 is 2.84 bits per heavy atom. The lowest BCUT2D eigenvalue weighted by molar-refractivity contribution is 0.642. The molecule has 1 aromatic carbocycles. The lowest BCUT2D eigenvalue weighted by Gasteiger charge is -2.13. The third kappa shape index (κ3) is 2.03. The molecule has 0 aliphatic heterocycles. The summed E-state index contributed by atoms with van der Waals surface area (Å²) in [5, 5.41) is 3.18. The molecule has 1 N–H and O–H groups in total. The van der Waals surface area contributed by atoms with Crippen molar-refractivity contribution in [2.75, 3.05) is 0 Å². The van der Waals surface area contributed by atoms with Crippen molar-refractivity contribution in [2.24, 2.45) is 0 Å². The van der Waals surface area contributed by atoms with Crippen LogP contribution in [0, 0.1) is 18.6 Å². The number of aryl methyl sites for hydroxylation is 2. The second-order valence-electron chi connectivity index (χ2n) is 4.77. The Bertz CT molecular complexity index is 794. The van der Waals surface area contributed by atoms with E-state index < -0.39 is 0 Å². The van der Waals surface area contributed by atoms with E-state index in [0.29, 0.717) is 0 Å². The maximum atomic E-state index is 5.48. The fraction of sp³-hybridized carbons (Fsp3) is 0.286. The molecular formula is C14H15N3S2. The fourth-order valence-corrected chi connectivity index (χ4v) is 3.60. The molecule has 1 unspecified atom stereocenters. The molecule has 0 saturated carbocycles. The van der Waals surface area contributed by atoms with Crippen molar-refractivity contribution in [1.29, 1.82) is 0 Å². The molecule has 0 aliphatic rings. The molecule has 2 heterocycles. The van der Waals surface area contributed by atoms with E-state index >= 15 is 0 Å². The SMILES string of the molecule is Cc1csc(C(C)n2c(=S)[nH]c3cccc(C)c32)n1. The molecule has 0 fully saturated rings. The topological polar surface area (TPSA) is 33.6 Å². The first-order valence-corrected chi connectivity index (χ1v) is 7.48. The minimum Gasteiger partial charge on any atom is -0.331 e. The predicted molar refractivity (Wildman–Crippen MR) is 82.5 cm³/mol. The Kier molecular flexibility index (Phi) is 3.03. The maximum absolute atomic E-state index is 5.48. The molecule has 3 aromatic rings. The van der Waals surface area contributed by atoms with Gasteiger partial charge in [0.1, 0.15) is 5.01 Å². The zero-order chi connectivity index (χ0) is 13.6. The zero-order valence-electron chi connectivity index (χ0n) is 11.1. The number of thiazole rings is 1. The van der Waals surface area contributed by atoms with Crippen LogP contribution in [0.2, 0.25) is 0 Å². The molecule has 98 valence electrons. The maximum Gasteiger partial charge on any atom is 0.178 e. The highest BCUT2D eigenvalue weighted by molar-refractivity contribution is 7.71. The molecule has 0 radical (unpaired) electrons. The smallest absolute Gasteiger partial charge is 0.178 e. The first-order chi connectivity index (χ1) is 9.08. The highest BCUT2D eigenvalue weighted by Crippen LogP contribution is 2.28. The summed E-state index contributed by atoms with van der Waals surface area (Å²) in [5.41, 5.74) is 4.55. The molecule has 0 aliphatic carbocycles. The summed E-state index contributed by atoms with van der Waals surface area (Å²) in [6, 6.07) is 6.38. The summed E-state index contributed by atoms with van der Waals surface area (Å²) in [6.45, 7) is 6.28. The zero-order valence-corrected chi connectivity index (χ0v) is 12.7. The molecule has 3 rings (SSSR count). The normalized spacial score (nSPS) is 13.0. The number of para-hydroxylation sites is 1. The van der Waals surface area contributed by atoms with Gasteiger partial charge in [-0.05, 0) is 44.6 Å². The summed E-state index contributed by atoms with van der Waals surface area (Å²) in [5.74, 6) is 0. The van der Waals surface area contributed by atoms with Crippen molar-refractivity contribution in [3.8, 4) is 0 Å². The Hall–Kier alpha value is -1.46. The average molecular weight is 289 g/mol. The minimum absolute atomic E-state index is 0.154. The van der Waals surface area contributed by atoms with Crippen LogP contribution in [0.15, 0.2) is 23.6 Å². The number of hydrogen-bond donors (Lipinski definition) is 1. The van der Waals surface area contributed by atoms with Gasteiger partial charge in [0, 0.05) is 11.1 Å². The summed E-state index contributed by atoms with van der Waals surface area (Å²) in [7, 11) is 0. The largest absolute Gasteiger partial charge is 0.331 e. The van der Waals surface area contributed by atoms with Crippen molar-refractivity contribution in [3.63, 3.8) is 0 Å². The van der Waals surface area contributed by atoms with Gasteiger partial charge < -0.3 is 9.55 Å². The second kappa shape index (κ2) is 4.58. The van der Waals surface area contributed by atoms with Crippen LogP contribution >= 0.6 is 23.6 Å².